The summed E-state index contributed by atoms with van der Waals surface area (Å²) in [6, 6.07) is 12.3. The summed E-state index contributed by atoms with van der Waals surface area (Å²) in [5, 5.41) is 18.3. The zero-order valence-electron chi connectivity index (χ0n) is 19.0. The number of aryl methyl sites for hydroxylation is 1. The van der Waals surface area contributed by atoms with Gasteiger partial charge in [-0.15, -0.1) is 0 Å². The second-order valence-corrected chi connectivity index (χ2v) is 9.25. The number of pyridine rings is 1. The third-order valence-electron chi connectivity index (χ3n) is 6.62. The number of fused-ring (bicyclic) bond motifs is 1. The van der Waals surface area contributed by atoms with E-state index < -0.39 is 5.60 Å². The molecule has 3 atom stereocenters. The van der Waals surface area contributed by atoms with E-state index in [2.05, 4.69) is 26.3 Å². The lowest BCUT2D eigenvalue weighted by Gasteiger charge is -2.37. The van der Waals surface area contributed by atoms with Crippen molar-refractivity contribution in [1.29, 1.82) is 0 Å². The summed E-state index contributed by atoms with van der Waals surface area (Å²) < 4.78 is 1.28. The molecule has 1 amide bonds. The summed E-state index contributed by atoms with van der Waals surface area (Å²) >= 11 is 0. The molecule has 1 saturated carbocycles. The Labute approximate surface area is 197 Å². The lowest BCUT2D eigenvalue weighted by atomic mass is 9.81. The Morgan fingerprint density at radius 2 is 2.15 bits per heavy atom. The number of carbonyl (C=O) groups excluding carboxylic acids is 1. The smallest absolute Gasteiger partial charge is 0.266 e. The van der Waals surface area contributed by atoms with Crippen LogP contribution in [0.3, 0.4) is 0 Å². The average molecular weight is 461 g/mol. The Hall–Kier alpha value is -3.56. The molecule has 2 aliphatic rings. The van der Waals surface area contributed by atoms with E-state index in [4.69, 9.17) is 0 Å². The maximum absolute atomic E-state index is 13.1. The maximum Gasteiger partial charge on any atom is 0.266 e. The van der Waals surface area contributed by atoms with E-state index in [0.29, 0.717) is 18.4 Å². The first kappa shape index (κ1) is 22.2. The highest BCUT2D eigenvalue weighted by atomic mass is 16.3. The summed E-state index contributed by atoms with van der Waals surface area (Å²) in [6.07, 6.45) is 5.78. The second kappa shape index (κ2) is 9.00. The third kappa shape index (κ3) is 4.57. The summed E-state index contributed by atoms with van der Waals surface area (Å²) in [5.74, 6) is -0.177. The van der Waals surface area contributed by atoms with Gasteiger partial charge in [-0.3, -0.25) is 14.6 Å². The summed E-state index contributed by atoms with van der Waals surface area (Å²) in [5.41, 5.74) is 9.61. The number of aliphatic hydroxyl groups is 1. The predicted octanol–water partition coefficient (Wildman–Crippen LogP) is 2.07. The minimum atomic E-state index is -1.09. The van der Waals surface area contributed by atoms with Gasteiger partial charge in [0.2, 0.25) is 0 Å². The second-order valence-electron chi connectivity index (χ2n) is 9.25. The highest BCUT2D eigenvalue weighted by Crippen LogP contribution is 2.34. The third-order valence-corrected chi connectivity index (χ3v) is 6.62. The molecule has 34 heavy (non-hydrogen) atoms. The molecule has 0 saturated heterocycles. The predicted molar refractivity (Wildman–Crippen MR) is 127 cm³/mol. The van der Waals surface area contributed by atoms with Crippen LogP contribution in [0.2, 0.25) is 0 Å². The maximum atomic E-state index is 13.1. The van der Waals surface area contributed by atoms with Gasteiger partial charge in [-0.1, -0.05) is 0 Å². The van der Waals surface area contributed by atoms with Crippen LogP contribution in [-0.4, -0.2) is 37.4 Å². The molecule has 176 valence electrons. The summed E-state index contributed by atoms with van der Waals surface area (Å²) in [6.45, 7) is 2.06. The van der Waals surface area contributed by atoms with Crippen LogP contribution >= 0.6 is 0 Å². The van der Waals surface area contributed by atoms with Gasteiger partial charge in [-0.2, -0.15) is 5.10 Å². The van der Waals surface area contributed by atoms with Gasteiger partial charge >= 0.3 is 0 Å². The molecule has 1 aromatic carbocycles. The van der Waals surface area contributed by atoms with Crippen LogP contribution < -0.4 is 21.7 Å². The van der Waals surface area contributed by atoms with Crippen LogP contribution in [0, 0.1) is 6.92 Å². The van der Waals surface area contributed by atoms with Crippen LogP contribution in [0.25, 0.3) is 0 Å². The zero-order valence-corrected chi connectivity index (χ0v) is 19.0. The molecule has 4 N–H and O–H groups in total. The number of hydrogen-bond acceptors (Lipinski definition) is 7. The molecule has 0 spiro atoms. The average Bonchev–Trinajstić information content (AvgIpc) is 3.24. The van der Waals surface area contributed by atoms with Crippen molar-refractivity contribution in [3.8, 4) is 0 Å². The van der Waals surface area contributed by atoms with E-state index in [1.54, 1.807) is 18.3 Å². The van der Waals surface area contributed by atoms with Gasteiger partial charge in [0.15, 0.2) is 0 Å². The minimum Gasteiger partial charge on any atom is -0.388 e. The van der Waals surface area contributed by atoms with E-state index in [1.807, 2.05) is 31.2 Å². The molecule has 1 aliphatic heterocycles. The Balaban J connectivity index is 1.30. The highest BCUT2D eigenvalue weighted by molar-refractivity contribution is 5.95. The van der Waals surface area contributed by atoms with Gasteiger partial charge in [0, 0.05) is 41.3 Å². The van der Waals surface area contributed by atoms with Gasteiger partial charge in [-0.25, -0.2) is 10.1 Å². The molecule has 5 rings (SSSR count). The molecule has 0 radical (unpaired) electrons. The lowest BCUT2D eigenvalue weighted by Crippen LogP contribution is -2.49. The Morgan fingerprint density at radius 3 is 2.97 bits per heavy atom. The van der Waals surface area contributed by atoms with Gasteiger partial charge in [0.25, 0.3) is 11.5 Å². The molecule has 9 heteroatoms. The van der Waals surface area contributed by atoms with E-state index >= 15 is 0 Å². The summed E-state index contributed by atoms with van der Waals surface area (Å²) in [7, 11) is 0. The van der Waals surface area contributed by atoms with Gasteiger partial charge < -0.3 is 15.8 Å². The van der Waals surface area contributed by atoms with Crippen molar-refractivity contribution in [3.05, 3.63) is 87.6 Å². The number of aromatic nitrogens is 3. The molecule has 9 nitrogen and oxygen atoms in total. The van der Waals surface area contributed by atoms with Crippen molar-refractivity contribution >= 4 is 11.6 Å². The molecular weight excluding hydrogens is 432 g/mol. The Morgan fingerprint density at radius 1 is 1.26 bits per heavy atom. The standard InChI is InChI=1S/C25H28N6O3/c1-16-12-17(8-11-26-16)23-20-13-18(6-7-21(20)29-30-23)24(33)28-19-4-2-9-25(34,14-19)15-31-22(32)5-3-10-27-31/h3,5-8,10-13,19,23,29-30,34H,2,4,9,14-15H2,1H3,(H,28,33)/t19-,23?,25+/m1/s1. The van der Waals surface area contributed by atoms with E-state index in [1.165, 1.54) is 16.9 Å². The molecule has 0 bridgehead atoms. The highest BCUT2D eigenvalue weighted by Gasteiger charge is 2.36. The zero-order chi connectivity index (χ0) is 23.7. The first-order valence-corrected chi connectivity index (χ1v) is 11.5. The van der Waals surface area contributed by atoms with E-state index in [0.717, 1.165) is 35.3 Å². The Bertz CT molecular complexity index is 1280. The monoisotopic (exact) mass is 460 g/mol. The van der Waals surface area contributed by atoms with Crippen LogP contribution in [0.1, 0.15) is 58.9 Å². The quantitative estimate of drug-likeness (QED) is 0.460. The van der Waals surface area contributed by atoms with Gasteiger partial charge in [0.05, 0.1) is 23.9 Å². The SMILES string of the molecule is Cc1cc(C2NNc3ccc(C(=O)N[C@@H]4CCC[C@@](O)(Cn5ncccc5=O)C4)cc32)ccn1. The number of carbonyl (C=O) groups is 1. The van der Waals surface area contributed by atoms with Crippen LogP contribution in [-0.2, 0) is 6.54 Å². The van der Waals surface area contributed by atoms with Crippen molar-refractivity contribution < 1.29 is 9.90 Å². The first-order chi connectivity index (χ1) is 16.4. The lowest BCUT2D eigenvalue weighted by molar-refractivity contribution is -0.0248. The van der Waals surface area contributed by atoms with Gasteiger partial charge in [-0.05, 0) is 74.6 Å². The number of anilines is 1. The van der Waals surface area contributed by atoms with Crippen LogP contribution in [0.5, 0.6) is 0 Å². The van der Waals surface area contributed by atoms with Crippen molar-refractivity contribution in [2.24, 2.45) is 0 Å². The molecule has 1 fully saturated rings. The number of rotatable bonds is 5. The molecule has 3 heterocycles. The van der Waals surface area contributed by atoms with Gasteiger partial charge in [0.1, 0.15) is 0 Å². The molecule has 1 unspecified atom stereocenters. The fraction of sp³-hybridized carbons (Fsp3) is 0.360. The van der Waals surface area contributed by atoms with Crippen LogP contribution in [0.4, 0.5) is 5.69 Å². The Kier molecular flexibility index (Phi) is 5.89. The first-order valence-electron chi connectivity index (χ1n) is 11.5. The topological polar surface area (TPSA) is 121 Å². The van der Waals surface area contributed by atoms with E-state index in [-0.39, 0.29) is 30.1 Å². The number of benzene rings is 1. The molecular formula is C25H28N6O3. The number of amides is 1. The minimum absolute atomic E-state index is 0.0825. The van der Waals surface area contributed by atoms with Crippen molar-refractivity contribution in [2.45, 2.75) is 56.8 Å². The normalized spacial score (nSPS) is 23.7. The molecule has 1 aliphatic carbocycles. The number of nitrogens with one attached hydrogen (secondary N) is 3. The van der Waals surface area contributed by atoms with Crippen LogP contribution in [0.15, 0.2) is 59.7 Å². The van der Waals surface area contributed by atoms with Crippen molar-refractivity contribution in [1.82, 2.24) is 25.5 Å². The fourth-order valence-corrected chi connectivity index (χ4v) is 4.95. The van der Waals surface area contributed by atoms with E-state index in [9.17, 15) is 14.7 Å². The largest absolute Gasteiger partial charge is 0.388 e. The number of hydrazine groups is 1. The number of hydrogen-bond donors (Lipinski definition) is 4. The molecule has 3 aromatic rings. The summed E-state index contributed by atoms with van der Waals surface area (Å²) in [4.78, 5) is 29.4. The number of nitrogens with zero attached hydrogens (tertiary/aromatic N) is 3. The van der Waals surface area contributed by atoms with Crippen molar-refractivity contribution in [3.63, 3.8) is 0 Å². The molecule has 2 aromatic heterocycles. The fourth-order valence-electron chi connectivity index (χ4n) is 4.95. The van der Waals surface area contributed by atoms with Crippen molar-refractivity contribution in [2.75, 3.05) is 5.43 Å².